The van der Waals surface area contributed by atoms with E-state index in [2.05, 4.69) is 15.1 Å². The average Bonchev–Trinajstić information content (AvgIpc) is 3.02. The second kappa shape index (κ2) is 7.45. The molecule has 0 atom stereocenters. The molecule has 2 aromatic heterocycles. The molecule has 7 heteroatoms. The maximum atomic E-state index is 12.8. The van der Waals surface area contributed by atoms with E-state index in [1.54, 1.807) is 9.42 Å². The van der Waals surface area contributed by atoms with Crippen molar-refractivity contribution in [2.45, 2.75) is 45.8 Å². The van der Waals surface area contributed by atoms with Gasteiger partial charge in [-0.3, -0.25) is 4.79 Å². The summed E-state index contributed by atoms with van der Waals surface area (Å²) in [4.78, 5) is 23.5. The van der Waals surface area contributed by atoms with E-state index in [1.165, 1.54) is 11.8 Å². The third-order valence-electron chi connectivity index (χ3n) is 4.39. The molecule has 3 aromatic rings. The highest BCUT2D eigenvalue weighted by atomic mass is 32.2. The summed E-state index contributed by atoms with van der Waals surface area (Å²) in [7, 11) is 0. The van der Waals surface area contributed by atoms with Crippen LogP contribution in [0.3, 0.4) is 0 Å². The van der Waals surface area contributed by atoms with Crippen LogP contribution in [0.4, 0.5) is 5.69 Å². The quantitative estimate of drug-likeness (QED) is 0.643. The first-order chi connectivity index (χ1) is 12.4. The highest BCUT2D eigenvalue weighted by Crippen LogP contribution is 2.21. The molecule has 2 heterocycles. The van der Waals surface area contributed by atoms with Crippen molar-refractivity contribution >= 4 is 29.1 Å². The smallest absolute Gasteiger partial charge is 0.253 e. The van der Waals surface area contributed by atoms with Crippen LogP contribution >= 0.6 is 11.8 Å². The molecule has 0 radical (unpaired) electrons. The Kier molecular flexibility index (Phi) is 5.27. The molecule has 136 valence electrons. The average molecular weight is 369 g/mol. The Morgan fingerprint density at radius 1 is 1.15 bits per heavy atom. The van der Waals surface area contributed by atoms with Crippen molar-refractivity contribution in [3.8, 4) is 0 Å². The molecule has 3 rings (SSSR count). The van der Waals surface area contributed by atoms with Crippen LogP contribution in [0.5, 0.6) is 0 Å². The van der Waals surface area contributed by atoms with E-state index < -0.39 is 0 Å². The van der Waals surface area contributed by atoms with Gasteiger partial charge in [-0.15, -0.1) is 5.10 Å². The number of nitrogens with zero attached hydrogens (tertiary/aromatic N) is 5. The Labute approximate surface area is 157 Å². The van der Waals surface area contributed by atoms with Crippen LogP contribution < -0.4 is 4.90 Å². The molecule has 1 aromatic carbocycles. The van der Waals surface area contributed by atoms with E-state index in [0.717, 1.165) is 22.6 Å². The molecular weight excluding hydrogens is 346 g/mol. The molecule has 0 spiro atoms. The number of thioether (sulfide) groups is 1. The standard InChI is InChI=1S/C19H23N5OS/c1-12(2)23(16-9-7-6-8-10-16)17(25)11-26-19-21-18-20-14(4)13(3)15(5)24(18)22-19/h6-10,12H,11H2,1-5H3. The summed E-state index contributed by atoms with van der Waals surface area (Å²) in [6.07, 6.45) is 0. The van der Waals surface area contributed by atoms with Gasteiger partial charge in [0.1, 0.15) is 0 Å². The molecule has 6 nitrogen and oxygen atoms in total. The Morgan fingerprint density at radius 2 is 1.85 bits per heavy atom. The maximum Gasteiger partial charge on any atom is 0.253 e. The lowest BCUT2D eigenvalue weighted by Crippen LogP contribution is -2.38. The fourth-order valence-electron chi connectivity index (χ4n) is 2.81. The van der Waals surface area contributed by atoms with Crippen molar-refractivity contribution in [1.29, 1.82) is 0 Å². The second-order valence-corrected chi connectivity index (χ2v) is 7.44. The molecule has 0 aliphatic carbocycles. The highest BCUT2D eigenvalue weighted by molar-refractivity contribution is 7.99. The fourth-order valence-corrected chi connectivity index (χ4v) is 3.49. The van der Waals surface area contributed by atoms with E-state index in [4.69, 9.17) is 0 Å². The van der Waals surface area contributed by atoms with Gasteiger partial charge >= 0.3 is 0 Å². The van der Waals surface area contributed by atoms with E-state index in [0.29, 0.717) is 10.9 Å². The minimum absolute atomic E-state index is 0.0344. The van der Waals surface area contributed by atoms with Gasteiger partial charge in [0.05, 0.1) is 5.75 Å². The van der Waals surface area contributed by atoms with Crippen molar-refractivity contribution in [2.75, 3.05) is 10.7 Å². The van der Waals surface area contributed by atoms with Crippen LogP contribution in [0, 0.1) is 20.8 Å². The zero-order valence-corrected chi connectivity index (χ0v) is 16.5. The first-order valence-electron chi connectivity index (χ1n) is 8.59. The van der Waals surface area contributed by atoms with Crippen molar-refractivity contribution < 1.29 is 4.79 Å². The molecular formula is C19H23N5OS. The second-order valence-electron chi connectivity index (χ2n) is 6.50. The number of amides is 1. The Hall–Kier alpha value is -2.41. The molecule has 0 bridgehead atoms. The minimum Gasteiger partial charge on any atom is -0.309 e. The molecule has 26 heavy (non-hydrogen) atoms. The molecule has 0 saturated carbocycles. The van der Waals surface area contributed by atoms with Gasteiger partial charge in [0, 0.05) is 23.1 Å². The summed E-state index contributed by atoms with van der Waals surface area (Å²) < 4.78 is 1.74. The SMILES string of the molecule is Cc1nc2nc(SCC(=O)N(c3ccccc3)C(C)C)nn2c(C)c1C. The van der Waals surface area contributed by atoms with Crippen LogP contribution in [0.15, 0.2) is 35.5 Å². The first-order valence-corrected chi connectivity index (χ1v) is 9.57. The zero-order valence-electron chi connectivity index (χ0n) is 15.7. The fraction of sp³-hybridized carbons (Fsp3) is 0.368. The number of carbonyl (C=O) groups is 1. The van der Waals surface area contributed by atoms with Gasteiger partial charge in [0.2, 0.25) is 11.1 Å². The maximum absolute atomic E-state index is 12.8. The van der Waals surface area contributed by atoms with Gasteiger partial charge in [-0.05, 0) is 52.3 Å². The Bertz CT molecular complexity index is 936. The molecule has 0 saturated heterocycles. The summed E-state index contributed by atoms with van der Waals surface area (Å²) >= 11 is 1.34. The molecule has 0 aliphatic heterocycles. The normalized spacial score (nSPS) is 11.3. The van der Waals surface area contributed by atoms with Crippen LogP contribution in [0.1, 0.15) is 30.8 Å². The molecule has 0 fully saturated rings. The van der Waals surface area contributed by atoms with E-state index in [-0.39, 0.29) is 17.7 Å². The molecule has 0 N–H and O–H groups in total. The number of aryl methyl sites for hydroxylation is 2. The number of fused-ring (bicyclic) bond motifs is 1. The van der Waals surface area contributed by atoms with Crippen LogP contribution in [-0.4, -0.2) is 37.3 Å². The summed E-state index contributed by atoms with van der Waals surface area (Å²) in [6.45, 7) is 10.0. The number of rotatable bonds is 5. The minimum atomic E-state index is 0.0344. The third kappa shape index (κ3) is 3.58. The highest BCUT2D eigenvalue weighted by Gasteiger charge is 2.20. The van der Waals surface area contributed by atoms with Crippen LogP contribution in [0.2, 0.25) is 0 Å². The summed E-state index contributed by atoms with van der Waals surface area (Å²) in [5.74, 6) is 0.887. The van der Waals surface area contributed by atoms with Gasteiger partial charge in [-0.2, -0.15) is 4.98 Å². The molecule has 1 amide bonds. The van der Waals surface area contributed by atoms with Crippen LogP contribution in [-0.2, 0) is 4.79 Å². The predicted octanol–water partition coefficient (Wildman–Crippen LogP) is 3.58. The monoisotopic (exact) mass is 369 g/mol. The topological polar surface area (TPSA) is 63.4 Å². The summed E-state index contributed by atoms with van der Waals surface area (Å²) in [6, 6.07) is 9.80. The van der Waals surface area contributed by atoms with Crippen molar-refractivity contribution in [2.24, 2.45) is 0 Å². The molecule has 0 aliphatic rings. The third-order valence-corrected chi connectivity index (χ3v) is 5.21. The van der Waals surface area contributed by atoms with Crippen molar-refractivity contribution in [3.63, 3.8) is 0 Å². The number of para-hydroxylation sites is 1. The number of hydrogen-bond acceptors (Lipinski definition) is 5. The van der Waals surface area contributed by atoms with Crippen molar-refractivity contribution in [1.82, 2.24) is 19.6 Å². The largest absolute Gasteiger partial charge is 0.309 e. The Morgan fingerprint density at radius 3 is 2.50 bits per heavy atom. The number of aromatic nitrogens is 4. The van der Waals surface area contributed by atoms with Crippen LogP contribution in [0.25, 0.3) is 5.78 Å². The van der Waals surface area contributed by atoms with Gasteiger partial charge in [0.25, 0.3) is 5.78 Å². The van der Waals surface area contributed by atoms with E-state index in [1.807, 2.05) is 65.0 Å². The first kappa shape index (κ1) is 18.4. The number of benzene rings is 1. The number of hydrogen-bond donors (Lipinski definition) is 0. The zero-order chi connectivity index (χ0) is 18.8. The number of carbonyl (C=O) groups excluding carboxylic acids is 1. The van der Waals surface area contributed by atoms with Gasteiger partial charge < -0.3 is 4.90 Å². The van der Waals surface area contributed by atoms with Crippen molar-refractivity contribution in [3.05, 3.63) is 47.3 Å². The van der Waals surface area contributed by atoms with Gasteiger partial charge in [-0.25, -0.2) is 9.50 Å². The van der Waals surface area contributed by atoms with Gasteiger partial charge in [0.15, 0.2) is 0 Å². The molecule has 0 unspecified atom stereocenters. The van der Waals surface area contributed by atoms with Gasteiger partial charge in [-0.1, -0.05) is 30.0 Å². The lowest BCUT2D eigenvalue weighted by molar-refractivity contribution is -0.116. The van der Waals surface area contributed by atoms with E-state index >= 15 is 0 Å². The Balaban J connectivity index is 1.78. The lowest BCUT2D eigenvalue weighted by atomic mass is 10.2. The summed E-state index contributed by atoms with van der Waals surface area (Å²) in [5, 5.41) is 5.06. The predicted molar refractivity (Wildman–Crippen MR) is 105 cm³/mol. The lowest BCUT2D eigenvalue weighted by Gasteiger charge is -2.26. The van der Waals surface area contributed by atoms with E-state index in [9.17, 15) is 4.79 Å². The summed E-state index contributed by atoms with van der Waals surface area (Å²) in [5.41, 5.74) is 3.97. The number of anilines is 1.